The Morgan fingerprint density at radius 2 is 1.68 bits per heavy atom. The van der Waals surface area contributed by atoms with Crippen molar-refractivity contribution < 1.29 is 27.8 Å². The maximum atomic E-state index is 13.5. The van der Waals surface area contributed by atoms with Crippen LogP contribution in [0.5, 0.6) is 11.5 Å². The number of methoxy groups -OCH3 is 1. The van der Waals surface area contributed by atoms with Crippen molar-refractivity contribution in [2.75, 3.05) is 7.11 Å². The Bertz CT molecular complexity index is 956. The Labute approximate surface area is 160 Å². The zero-order valence-corrected chi connectivity index (χ0v) is 15.6. The molecule has 8 heteroatoms. The molecule has 2 atom stereocenters. The van der Waals surface area contributed by atoms with Crippen LogP contribution < -0.4 is 9.47 Å². The molecule has 6 nitrogen and oxygen atoms in total. The van der Waals surface area contributed by atoms with E-state index in [1.54, 1.807) is 55.6 Å². The molecule has 0 radical (unpaired) electrons. The molecule has 148 valence electrons. The minimum absolute atomic E-state index is 0.0267. The van der Waals surface area contributed by atoms with Crippen LogP contribution in [0.4, 0.5) is 8.78 Å². The number of rotatable bonds is 7. The third kappa shape index (κ3) is 4.05. The quantitative estimate of drug-likeness (QED) is 0.556. The number of hydrogen-bond donors (Lipinski definition) is 0. The minimum Gasteiger partial charge on any atom is -0.497 e. The second-order valence-electron chi connectivity index (χ2n) is 6.12. The molecule has 0 bridgehead atoms. The summed E-state index contributed by atoms with van der Waals surface area (Å²) >= 11 is 0. The number of halogens is 2. The number of carbonyl (C=O) groups is 1. The van der Waals surface area contributed by atoms with Gasteiger partial charge in [-0.3, -0.25) is 4.57 Å². The van der Waals surface area contributed by atoms with E-state index in [2.05, 4.69) is 4.98 Å². The van der Waals surface area contributed by atoms with Crippen LogP contribution in [-0.2, 0) is 9.53 Å². The summed E-state index contributed by atoms with van der Waals surface area (Å²) in [6, 6.07) is 13.2. The van der Waals surface area contributed by atoms with Crippen molar-refractivity contribution in [1.29, 1.82) is 0 Å². The van der Waals surface area contributed by atoms with Crippen LogP contribution in [-0.4, -0.2) is 28.7 Å². The number of alkyl halides is 2. The van der Waals surface area contributed by atoms with Gasteiger partial charge in [0, 0.05) is 0 Å². The molecule has 0 saturated carbocycles. The third-order valence-corrected chi connectivity index (χ3v) is 4.18. The maximum absolute atomic E-state index is 13.5. The Morgan fingerprint density at radius 3 is 2.32 bits per heavy atom. The summed E-state index contributed by atoms with van der Waals surface area (Å²) in [5, 5.41) is 0. The molecule has 0 fully saturated rings. The molecule has 0 amide bonds. The highest BCUT2D eigenvalue weighted by atomic mass is 19.3. The smallest absolute Gasteiger partial charge is 0.347 e. The van der Waals surface area contributed by atoms with E-state index < -0.39 is 24.7 Å². The molecule has 2 aromatic carbocycles. The second kappa shape index (κ2) is 8.24. The van der Waals surface area contributed by atoms with Gasteiger partial charge in [-0.2, -0.15) is 8.78 Å². The van der Waals surface area contributed by atoms with E-state index in [1.165, 1.54) is 13.8 Å². The number of fused-ring (bicyclic) bond motifs is 1. The average Bonchev–Trinajstić information content (AvgIpc) is 3.08. The molecule has 0 aliphatic rings. The molecule has 2 unspecified atom stereocenters. The summed E-state index contributed by atoms with van der Waals surface area (Å²) in [6.45, 7) is 0.213. The molecule has 0 spiro atoms. The molecule has 0 N–H and O–H groups in total. The van der Waals surface area contributed by atoms with Gasteiger partial charge in [-0.15, -0.1) is 0 Å². The first-order chi connectivity index (χ1) is 13.4. The maximum Gasteiger partial charge on any atom is 0.347 e. The predicted octanol–water partition coefficient (Wildman–Crippen LogP) is 4.51. The molecule has 0 aliphatic carbocycles. The van der Waals surface area contributed by atoms with Crippen molar-refractivity contribution in [2.24, 2.45) is 0 Å². The average molecular weight is 390 g/mol. The van der Waals surface area contributed by atoms with E-state index >= 15 is 0 Å². The van der Waals surface area contributed by atoms with Crippen molar-refractivity contribution in [3.05, 3.63) is 54.4 Å². The van der Waals surface area contributed by atoms with Gasteiger partial charge in [0.05, 0.1) is 18.1 Å². The highest BCUT2D eigenvalue weighted by molar-refractivity contribution is 5.77. The van der Waals surface area contributed by atoms with Crippen LogP contribution in [0.25, 0.3) is 11.0 Å². The summed E-state index contributed by atoms with van der Waals surface area (Å²) in [5.74, 6) is 0.400. The molecule has 3 rings (SSSR count). The topological polar surface area (TPSA) is 62.6 Å². The number of ether oxygens (including phenoxy) is 3. The van der Waals surface area contributed by atoms with Gasteiger partial charge in [0.25, 0.3) is 0 Å². The second-order valence-corrected chi connectivity index (χ2v) is 6.12. The van der Waals surface area contributed by atoms with Gasteiger partial charge < -0.3 is 14.2 Å². The van der Waals surface area contributed by atoms with Crippen molar-refractivity contribution in [3.8, 4) is 11.5 Å². The van der Waals surface area contributed by atoms with E-state index in [9.17, 15) is 13.6 Å². The Kier molecular flexibility index (Phi) is 5.77. The van der Waals surface area contributed by atoms with Crippen LogP contribution in [0.1, 0.15) is 32.3 Å². The van der Waals surface area contributed by atoms with Crippen LogP contribution in [0, 0.1) is 0 Å². The summed E-state index contributed by atoms with van der Waals surface area (Å²) in [7, 11) is 1.55. The van der Waals surface area contributed by atoms with Gasteiger partial charge in [-0.05, 0) is 50.2 Å². The molecule has 3 aromatic rings. The van der Waals surface area contributed by atoms with E-state index in [0.29, 0.717) is 17.0 Å². The number of aromatic nitrogens is 2. The van der Waals surface area contributed by atoms with E-state index in [-0.39, 0.29) is 11.3 Å². The fourth-order valence-corrected chi connectivity index (χ4v) is 2.78. The molecule has 1 aromatic heterocycles. The first kappa shape index (κ1) is 19.6. The fraction of sp³-hybridized carbons (Fsp3) is 0.300. The number of carbonyl (C=O) groups excluding carboxylic acids is 1. The molecule has 1 heterocycles. The van der Waals surface area contributed by atoms with Gasteiger partial charge in [0.1, 0.15) is 11.5 Å². The first-order valence-corrected chi connectivity index (χ1v) is 8.67. The SMILES string of the molecule is COc1ccc(OC(C)C(=O)OC(C)c2nc3ccccc3n2C(F)F)cc1. The summed E-state index contributed by atoms with van der Waals surface area (Å²) in [5.41, 5.74) is 0.682. The van der Waals surface area contributed by atoms with Gasteiger partial charge in [0.2, 0.25) is 0 Å². The number of nitrogens with zero attached hydrogens (tertiary/aromatic N) is 2. The summed E-state index contributed by atoms with van der Waals surface area (Å²) in [6.07, 6.45) is -1.91. The number of esters is 1. The number of benzene rings is 2. The molecular formula is C20H20F2N2O4. The highest BCUT2D eigenvalue weighted by Gasteiger charge is 2.26. The highest BCUT2D eigenvalue weighted by Crippen LogP contribution is 2.28. The zero-order valence-electron chi connectivity index (χ0n) is 15.6. The zero-order chi connectivity index (χ0) is 20.3. The van der Waals surface area contributed by atoms with E-state index in [1.807, 2.05) is 0 Å². The van der Waals surface area contributed by atoms with Crippen LogP contribution in [0.15, 0.2) is 48.5 Å². The van der Waals surface area contributed by atoms with Crippen LogP contribution in [0.2, 0.25) is 0 Å². The number of para-hydroxylation sites is 2. The minimum atomic E-state index is -2.81. The molecular weight excluding hydrogens is 370 g/mol. The Hall–Kier alpha value is -3.16. The van der Waals surface area contributed by atoms with Gasteiger partial charge in [-0.1, -0.05) is 12.1 Å². The summed E-state index contributed by atoms with van der Waals surface area (Å²) < 4.78 is 43.8. The number of imidazole rings is 1. The lowest BCUT2D eigenvalue weighted by atomic mass is 10.3. The standard InChI is InChI=1S/C20H20F2N2O4/c1-12(18-23-16-6-4-5-7-17(16)24(18)20(21)22)28-19(25)13(2)27-15-10-8-14(26-3)9-11-15/h4-13,20H,1-3H3. The van der Waals surface area contributed by atoms with Crippen molar-refractivity contribution in [2.45, 2.75) is 32.6 Å². The largest absolute Gasteiger partial charge is 0.497 e. The van der Waals surface area contributed by atoms with Crippen molar-refractivity contribution >= 4 is 17.0 Å². The van der Waals surface area contributed by atoms with E-state index in [0.717, 1.165) is 4.57 Å². The third-order valence-electron chi connectivity index (χ3n) is 4.18. The summed E-state index contributed by atoms with van der Waals surface area (Å²) in [4.78, 5) is 16.6. The van der Waals surface area contributed by atoms with Crippen LogP contribution in [0.3, 0.4) is 0 Å². The Morgan fingerprint density at radius 1 is 1.04 bits per heavy atom. The first-order valence-electron chi connectivity index (χ1n) is 8.67. The van der Waals surface area contributed by atoms with Crippen molar-refractivity contribution in [1.82, 2.24) is 9.55 Å². The Balaban J connectivity index is 1.73. The monoisotopic (exact) mass is 390 g/mol. The fourth-order valence-electron chi connectivity index (χ4n) is 2.78. The number of hydrogen-bond acceptors (Lipinski definition) is 5. The van der Waals surface area contributed by atoms with E-state index in [4.69, 9.17) is 14.2 Å². The van der Waals surface area contributed by atoms with Gasteiger partial charge in [0.15, 0.2) is 18.0 Å². The predicted molar refractivity (Wildman–Crippen MR) is 98.6 cm³/mol. The normalized spacial score (nSPS) is 13.4. The molecule has 28 heavy (non-hydrogen) atoms. The molecule has 0 aliphatic heterocycles. The van der Waals surface area contributed by atoms with Crippen molar-refractivity contribution in [3.63, 3.8) is 0 Å². The van der Waals surface area contributed by atoms with Gasteiger partial charge in [-0.25, -0.2) is 9.78 Å². The molecule has 0 saturated heterocycles. The lowest BCUT2D eigenvalue weighted by molar-refractivity contribution is -0.157. The lowest BCUT2D eigenvalue weighted by Crippen LogP contribution is -2.27. The van der Waals surface area contributed by atoms with Gasteiger partial charge >= 0.3 is 12.5 Å². The van der Waals surface area contributed by atoms with Crippen LogP contribution >= 0.6 is 0 Å². The lowest BCUT2D eigenvalue weighted by Gasteiger charge is -2.18.